The van der Waals surface area contributed by atoms with E-state index in [1.165, 1.54) is 18.2 Å². The largest absolute Gasteiger partial charge is 0.444 e. The van der Waals surface area contributed by atoms with E-state index in [9.17, 15) is 14.4 Å². The Kier molecular flexibility index (Phi) is 9.51. The van der Waals surface area contributed by atoms with Crippen molar-refractivity contribution in [2.24, 2.45) is 5.73 Å². The number of fused-ring (bicyclic) bond motifs is 2. The molecule has 4 rings (SSSR count). The minimum atomic E-state index is -0.485. The zero-order valence-corrected chi connectivity index (χ0v) is 21.5. The number of ether oxygens (including phenoxy) is 1. The third kappa shape index (κ3) is 8.53. The fourth-order valence-corrected chi connectivity index (χ4v) is 3.64. The number of alkyl carbamates (subject to hydrolysis) is 1. The van der Waals surface area contributed by atoms with E-state index in [2.05, 4.69) is 25.3 Å². The summed E-state index contributed by atoms with van der Waals surface area (Å²) in [7, 11) is 0. The van der Waals surface area contributed by atoms with Crippen LogP contribution in [0.15, 0.2) is 58.6 Å². The molecule has 0 radical (unpaired) electrons. The standard InChI is InChI=1S/C16H21N3O3.C11H13N3O/c1-16(2,3)22-15(21)17-8-4-5-11-6-7-12-13(9-11)18-10-19-14(12)20;12-5-1-2-8-3-4-9-10(6-8)13-7-14-11(9)15/h6-7,9-10H,4-5,8H2,1-3H3,(H,17,21)(H,18,19,20);3-4,6-7H,1-2,5,12H2,(H,13,14,15). The number of H-pyrrole nitrogens is 2. The number of carbonyl (C=O) groups is 1. The van der Waals surface area contributed by atoms with Gasteiger partial charge in [-0.25, -0.2) is 14.8 Å². The lowest BCUT2D eigenvalue weighted by atomic mass is 10.1. The average Bonchev–Trinajstić information content (AvgIpc) is 2.85. The fraction of sp³-hybridized carbons (Fsp3) is 0.370. The topological polar surface area (TPSA) is 156 Å². The number of nitrogens with two attached hydrogens (primary N) is 1. The Morgan fingerprint density at radius 1 is 0.892 bits per heavy atom. The molecule has 0 bridgehead atoms. The predicted octanol–water partition coefficient (Wildman–Crippen LogP) is 3.19. The highest BCUT2D eigenvalue weighted by molar-refractivity contribution is 5.78. The van der Waals surface area contributed by atoms with Crippen LogP contribution in [0.4, 0.5) is 4.79 Å². The molecule has 0 unspecified atom stereocenters. The van der Waals surface area contributed by atoms with Gasteiger partial charge in [0.15, 0.2) is 0 Å². The number of carbonyl (C=O) groups excluding carboxylic acids is 1. The predicted molar refractivity (Wildman–Crippen MR) is 145 cm³/mol. The first kappa shape index (κ1) is 27.5. The van der Waals surface area contributed by atoms with Gasteiger partial charge in [-0.1, -0.05) is 12.1 Å². The summed E-state index contributed by atoms with van der Waals surface area (Å²) in [4.78, 5) is 47.8. The van der Waals surface area contributed by atoms with Crippen molar-refractivity contribution in [1.29, 1.82) is 0 Å². The van der Waals surface area contributed by atoms with Crippen molar-refractivity contribution in [3.05, 3.63) is 80.9 Å². The maximum atomic E-state index is 11.6. The van der Waals surface area contributed by atoms with Gasteiger partial charge in [-0.2, -0.15) is 0 Å². The summed E-state index contributed by atoms with van der Waals surface area (Å²) in [5.74, 6) is 0. The third-order valence-corrected chi connectivity index (χ3v) is 5.39. The first-order valence-electron chi connectivity index (χ1n) is 12.3. The molecular formula is C27H34N6O4. The molecule has 196 valence electrons. The monoisotopic (exact) mass is 506 g/mol. The van der Waals surface area contributed by atoms with Crippen LogP contribution in [0.25, 0.3) is 21.8 Å². The van der Waals surface area contributed by atoms with Crippen LogP contribution in [0.5, 0.6) is 0 Å². The molecule has 37 heavy (non-hydrogen) atoms. The normalized spacial score (nSPS) is 11.1. The van der Waals surface area contributed by atoms with E-state index in [0.717, 1.165) is 36.8 Å². The van der Waals surface area contributed by atoms with Crippen molar-refractivity contribution in [2.75, 3.05) is 13.1 Å². The summed E-state index contributed by atoms with van der Waals surface area (Å²) < 4.78 is 5.16. The molecule has 0 saturated carbocycles. The number of benzene rings is 2. The van der Waals surface area contributed by atoms with Crippen molar-refractivity contribution >= 4 is 27.9 Å². The van der Waals surface area contributed by atoms with E-state index in [4.69, 9.17) is 10.5 Å². The summed E-state index contributed by atoms with van der Waals surface area (Å²) in [6, 6.07) is 11.3. The Morgan fingerprint density at radius 2 is 1.41 bits per heavy atom. The summed E-state index contributed by atoms with van der Waals surface area (Å²) >= 11 is 0. The van der Waals surface area contributed by atoms with Crippen molar-refractivity contribution in [1.82, 2.24) is 25.3 Å². The second kappa shape index (κ2) is 12.8. The summed E-state index contributed by atoms with van der Waals surface area (Å²) in [5.41, 5.74) is 8.41. The number of aromatic nitrogens is 4. The molecule has 4 aromatic rings. The van der Waals surface area contributed by atoms with Gasteiger partial charge in [-0.15, -0.1) is 0 Å². The summed E-state index contributed by atoms with van der Waals surface area (Å²) in [5, 5.41) is 3.94. The van der Waals surface area contributed by atoms with Crippen molar-refractivity contribution in [3.63, 3.8) is 0 Å². The third-order valence-electron chi connectivity index (χ3n) is 5.39. The molecule has 2 aromatic carbocycles. The molecule has 1 amide bonds. The molecule has 2 heterocycles. The van der Waals surface area contributed by atoms with Gasteiger partial charge in [-0.3, -0.25) is 9.59 Å². The Hall–Kier alpha value is -4.05. The Bertz CT molecular complexity index is 1460. The van der Waals surface area contributed by atoms with Gasteiger partial charge >= 0.3 is 6.09 Å². The van der Waals surface area contributed by atoms with Crippen molar-refractivity contribution < 1.29 is 9.53 Å². The molecule has 0 spiro atoms. The molecule has 5 N–H and O–H groups in total. The molecule has 10 nitrogen and oxygen atoms in total. The van der Waals surface area contributed by atoms with Crippen LogP contribution < -0.4 is 22.2 Å². The highest BCUT2D eigenvalue weighted by atomic mass is 16.6. The number of aryl methyl sites for hydroxylation is 2. The first-order valence-corrected chi connectivity index (χ1v) is 12.3. The Labute approximate surface area is 214 Å². The van der Waals surface area contributed by atoms with Crippen LogP contribution in [0.3, 0.4) is 0 Å². The number of aromatic amines is 2. The quantitative estimate of drug-likeness (QED) is 0.280. The van der Waals surface area contributed by atoms with Crippen LogP contribution in [-0.2, 0) is 17.6 Å². The number of hydrogen-bond donors (Lipinski definition) is 4. The number of nitrogens with one attached hydrogen (secondary N) is 3. The van der Waals surface area contributed by atoms with Crippen LogP contribution in [0.1, 0.15) is 44.7 Å². The van der Waals surface area contributed by atoms with Gasteiger partial charge in [-0.05, 0) is 88.4 Å². The highest BCUT2D eigenvalue weighted by Crippen LogP contribution is 2.12. The zero-order valence-electron chi connectivity index (χ0n) is 21.5. The molecule has 0 aliphatic rings. The molecule has 0 aliphatic carbocycles. The van der Waals surface area contributed by atoms with Crippen molar-refractivity contribution in [3.8, 4) is 0 Å². The van der Waals surface area contributed by atoms with E-state index >= 15 is 0 Å². The number of hydrogen-bond acceptors (Lipinski definition) is 7. The van der Waals surface area contributed by atoms with Crippen LogP contribution in [-0.4, -0.2) is 44.7 Å². The van der Waals surface area contributed by atoms with E-state index in [0.29, 0.717) is 29.4 Å². The molecule has 0 aliphatic heterocycles. The maximum absolute atomic E-state index is 11.6. The maximum Gasteiger partial charge on any atom is 0.407 e. The lowest BCUT2D eigenvalue weighted by Gasteiger charge is -2.19. The van der Waals surface area contributed by atoms with Gasteiger partial charge in [0, 0.05) is 6.54 Å². The lowest BCUT2D eigenvalue weighted by Crippen LogP contribution is -2.33. The minimum Gasteiger partial charge on any atom is -0.444 e. The molecule has 0 atom stereocenters. The van der Waals surface area contributed by atoms with Gasteiger partial charge in [0.2, 0.25) is 0 Å². The SMILES string of the molecule is CC(C)(C)OC(=O)NCCCc1ccc2c(=O)[nH]cnc2c1.NCCCc1ccc2c(=O)[nH]cnc2c1. The molecule has 0 saturated heterocycles. The second-order valence-corrected chi connectivity index (χ2v) is 9.59. The lowest BCUT2D eigenvalue weighted by molar-refractivity contribution is 0.0527. The van der Waals surface area contributed by atoms with Crippen LogP contribution in [0.2, 0.25) is 0 Å². The van der Waals surface area contributed by atoms with Crippen LogP contribution >= 0.6 is 0 Å². The number of rotatable bonds is 7. The summed E-state index contributed by atoms with van der Waals surface area (Å²) in [6.07, 6.45) is 5.89. The minimum absolute atomic E-state index is 0.0922. The van der Waals surface area contributed by atoms with E-state index in [1.807, 2.05) is 51.1 Å². The Balaban J connectivity index is 0.000000220. The highest BCUT2D eigenvalue weighted by Gasteiger charge is 2.15. The van der Waals surface area contributed by atoms with Gasteiger partial charge < -0.3 is 25.8 Å². The number of nitrogens with zero attached hydrogens (tertiary/aromatic N) is 2. The molecular weight excluding hydrogens is 472 g/mol. The number of amides is 1. The van der Waals surface area contributed by atoms with E-state index in [-0.39, 0.29) is 11.1 Å². The van der Waals surface area contributed by atoms with Crippen LogP contribution in [0, 0.1) is 0 Å². The van der Waals surface area contributed by atoms with Gasteiger partial charge in [0.05, 0.1) is 34.5 Å². The van der Waals surface area contributed by atoms with E-state index < -0.39 is 11.7 Å². The Morgan fingerprint density at radius 3 is 1.89 bits per heavy atom. The van der Waals surface area contributed by atoms with E-state index in [1.54, 1.807) is 6.07 Å². The zero-order chi connectivity index (χ0) is 26.8. The fourth-order valence-electron chi connectivity index (χ4n) is 3.64. The van der Waals surface area contributed by atoms with Gasteiger partial charge in [0.25, 0.3) is 11.1 Å². The molecule has 2 aromatic heterocycles. The second-order valence-electron chi connectivity index (χ2n) is 9.59. The van der Waals surface area contributed by atoms with Gasteiger partial charge in [0.1, 0.15) is 5.60 Å². The average molecular weight is 507 g/mol. The molecule has 0 fully saturated rings. The van der Waals surface area contributed by atoms with Crippen molar-refractivity contribution in [2.45, 2.75) is 52.1 Å². The first-order chi connectivity index (χ1) is 17.7. The summed E-state index contributed by atoms with van der Waals surface area (Å²) in [6.45, 7) is 6.71. The smallest absolute Gasteiger partial charge is 0.407 e. The molecule has 10 heteroatoms.